The zero-order valence-electron chi connectivity index (χ0n) is 11.7. The summed E-state index contributed by atoms with van der Waals surface area (Å²) in [5, 5.41) is 0. The van der Waals surface area contributed by atoms with E-state index in [2.05, 4.69) is 15.9 Å². The van der Waals surface area contributed by atoms with Gasteiger partial charge in [-0.1, -0.05) is 6.07 Å². The van der Waals surface area contributed by atoms with Gasteiger partial charge in [-0.05, 0) is 60.3 Å². The molecular formula is C15H18BrNO3. The molecule has 0 saturated carbocycles. The number of benzene rings is 1. The van der Waals surface area contributed by atoms with Gasteiger partial charge >= 0.3 is 5.97 Å². The van der Waals surface area contributed by atoms with Gasteiger partial charge in [0.25, 0.3) is 5.91 Å². The Kier molecular flexibility index (Phi) is 4.81. The molecule has 1 unspecified atom stereocenters. The second-order valence-electron chi connectivity index (χ2n) is 4.89. The molecule has 5 heteroatoms. The normalized spacial score (nSPS) is 18.1. The third-order valence-corrected chi connectivity index (χ3v) is 4.08. The molecule has 0 bridgehead atoms. The van der Waals surface area contributed by atoms with Gasteiger partial charge in [-0.2, -0.15) is 0 Å². The van der Waals surface area contributed by atoms with Crippen LogP contribution in [0.5, 0.6) is 0 Å². The van der Waals surface area contributed by atoms with Crippen LogP contribution in [0.1, 0.15) is 35.7 Å². The molecule has 1 aliphatic heterocycles. The van der Waals surface area contributed by atoms with Gasteiger partial charge in [-0.25, -0.2) is 4.79 Å². The Morgan fingerprint density at radius 3 is 2.85 bits per heavy atom. The minimum atomic E-state index is -0.448. The summed E-state index contributed by atoms with van der Waals surface area (Å²) in [5.41, 5.74) is 1.67. The minimum Gasteiger partial charge on any atom is -0.464 e. The number of ether oxygens (including phenoxy) is 1. The molecule has 0 spiro atoms. The van der Waals surface area contributed by atoms with Crippen molar-refractivity contribution in [1.82, 2.24) is 4.90 Å². The molecule has 1 saturated heterocycles. The number of hydrogen-bond donors (Lipinski definition) is 0. The van der Waals surface area contributed by atoms with Crippen molar-refractivity contribution in [2.45, 2.75) is 32.7 Å². The van der Waals surface area contributed by atoms with Crippen molar-refractivity contribution >= 4 is 27.8 Å². The highest BCUT2D eigenvalue weighted by Gasteiger charge is 2.35. The molecule has 0 aliphatic carbocycles. The Morgan fingerprint density at radius 1 is 1.45 bits per heavy atom. The largest absolute Gasteiger partial charge is 0.464 e. The van der Waals surface area contributed by atoms with E-state index >= 15 is 0 Å². The molecule has 1 heterocycles. The standard InChI is InChI=1S/C15H18BrNO3/c1-3-20-15(19)13-5-4-8-17(13)14(18)11-7-6-10(2)9-12(11)16/h6-7,9,13H,3-5,8H2,1-2H3. The number of aryl methyl sites for hydroxylation is 1. The SMILES string of the molecule is CCOC(=O)C1CCCN1C(=O)c1ccc(C)cc1Br. The first-order valence-corrected chi connectivity index (χ1v) is 7.57. The Balaban J connectivity index is 2.21. The molecule has 4 nitrogen and oxygen atoms in total. The fourth-order valence-electron chi connectivity index (χ4n) is 2.44. The van der Waals surface area contributed by atoms with Crippen molar-refractivity contribution in [2.24, 2.45) is 0 Å². The van der Waals surface area contributed by atoms with Crippen LogP contribution in [0.3, 0.4) is 0 Å². The number of likely N-dealkylation sites (tertiary alicyclic amines) is 1. The lowest BCUT2D eigenvalue weighted by atomic mass is 10.1. The van der Waals surface area contributed by atoms with E-state index in [0.29, 0.717) is 25.1 Å². The average molecular weight is 340 g/mol. The number of rotatable bonds is 3. The molecule has 0 aromatic heterocycles. The molecule has 1 aromatic rings. The average Bonchev–Trinajstić information content (AvgIpc) is 2.87. The molecule has 1 fully saturated rings. The first kappa shape index (κ1) is 15.0. The summed E-state index contributed by atoms with van der Waals surface area (Å²) < 4.78 is 5.81. The van der Waals surface area contributed by atoms with E-state index in [9.17, 15) is 9.59 Å². The third kappa shape index (κ3) is 3.03. The number of carbonyl (C=O) groups excluding carboxylic acids is 2. The number of hydrogen-bond acceptors (Lipinski definition) is 3. The van der Waals surface area contributed by atoms with Gasteiger partial charge in [0.15, 0.2) is 0 Å². The highest BCUT2D eigenvalue weighted by molar-refractivity contribution is 9.10. The Morgan fingerprint density at radius 2 is 2.20 bits per heavy atom. The summed E-state index contributed by atoms with van der Waals surface area (Å²) in [6.07, 6.45) is 1.51. The molecule has 1 aromatic carbocycles. The van der Waals surface area contributed by atoms with Crippen LogP contribution in [0.2, 0.25) is 0 Å². The van der Waals surface area contributed by atoms with Gasteiger partial charge in [-0.15, -0.1) is 0 Å². The van der Waals surface area contributed by atoms with Crippen LogP contribution >= 0.6 is 15.9 Å². The predicted molar refractivity (Wildman–Crippen MR) is 79.6 cm³/mol. The van der Waals surface area contributed by atoms with E-state index < -0.39 is 6.04 Å². The van der Waals surface area contributed by atoms with Crippen LogP contribution in [0.4, 0.5) is 0 Å². The zero-order valence-corrected chi connectivity index (χ0v) is 13.3. The third-order valence-electron chi connectivity index (χ3n) is 3.43. The van der Waals surface area contributed by atoms with Gasteiger partial charge in [-0.3, -0.25) is 4.79 Å². The molecular weight excluding hydrogens is 322 g/mol. The Hall–Kier alpha value is -1.36. The maximum atomic E-state index is 12.6. The van der Waals surface area contributed by atoms with Crippen LogP contribution in [0.25, 0.3) is 0 Å². The summed E-state index contributed by atoms with van der Waals surface area (Å²) in [7, 11) is 0. The maximum Gasteiger partial charge on any atom is 0.328 e. The van der Waals surface area contributed by atoms with Crippen molar-refractivity contribution in [3.05, 3.63) is 33.8 Å². The van der Waals surface area contributed by atoms with Crippen LogP contribution < -0.4 is 0 Å². The van der Waals surface area contributed by atoms with E-state index in [4.69, 9.17) is 4.74 Å². The first-order valence-electron chi connectivity index (χ1n) is 6.78. The topological polar surface area (TPSA) is 46.6 Å². The maximum absolute atomic E-state index is 12.6. The molecule has 1 atom stereocenters. The van der Waals surface area contributed by atoms with Crippen LogP contribution in [-0.4, -0.2) is 36.0 Å². The molecule has 20 heavy (non-hydrogen) atoms. The Bertz CT molecular complexity index is 530. The lowest BCUT2D eigenvalue weighted by molar-refractivity contribution is -0.147. The molecule has 2 rings (SSSR count). The summed E-state index contributed by atoms with van der Waals surface area (Å²) >= 11 is 3.42. The fourth-order valence-corrected chi connectivity index (χ4v) is 3.10. The van der Waals surface area contributed by atoms with Crippen molar-refractivity contribution in [3.63, 3.8) is 0 Å². The summed E-state index contributed by atoms with van der Waals surface area (Å²) in [6, 6.07) is 5.15. The van der Waals surface area contributed by atoms with Gasteiger partial charge in [0, 0.05) is 11.0 Å². The monoisotopic (exact) mass is 339 g/mol. The van der Waals surface area contributed by atoms with Gasteiger partial charge in [0.2, 0.25) is 0 Å². The highest BCUT2D eigenvalue weighted by Crippen LogP contribution is 2.25. The summed E-state index contributed by atoms with van der Waals surface area (Å²) in [6.45, 7) is 4.68. The summed E-state index contributed by atoms with van der Waals surface area (Å²) in [4.78, 5) is 26.1. The van der Waals surface area contributed by atoms with Gasteiger partial charge in [0.05, 0.1) is 12.2 Å². The summed E-state index contributed by atoms with van der Waals surface area (Å²) in [5.74, 6) is -0.422. The molecule has 0 N–H and O–H groups in total. The number of amides is 1. The second kappa shape index (κ2) is 6.39. The van der Waals surface area contributed by atoms with Crippen LogP contribution in [0.15, 0.2) is 22.7 Å². The van der Waals surface area contributed by atoms with Gasteiger partial charge in [0.1, 0.15) is 6.04 Å². The lowest BCUT2D eigenvalue weighted by Gasteiger charge is -2.23. The smallest absolute Gasteiger partial charge is 0.328 e. The second-order valence-corrected chi connectivity index (χ2v) is 5.75. The lowest BCUT2D eigenvalue weighted by Crippen LogP contribution is -2.41. The van der Waals surface area contributed by atoms with E-state index in [-0.39, 0.29) is 11.9 Å². The molecule has 1 aliphatic rings. The number of halogens is 1. The van der Waals surface area contributed by atoms with E-state index in [0.717, 1.165) is 16.5 Å². The molecule has 0 radical (unpaired) electrons. The predicted octanol–water partition coefficient (Wildman–Crippen LogP) is 2.93. The fraction of sp³-hybridized carbons (Fsp3) is 0.467. The van der Waals surface area contributed by atoms with E-state index in [1.165, 1.54) is 0 Å². The number of carbonyl (C=O) groups is 2. The number of nitrogens with zero attached hydrogens (tertiary/aromatic N) is 1. The van der Waals surface area contributed by atoms with E-state index in [1.807, 2.05) is 19.1 Å². The Labute approximate surface area is 127 Å². The minimum absolute atomic E-state index is 0.118. The number of esters is 1. The van der Waals surface area contributed by atoms with Crippen molar-refractivity contribution in [3.8, 4) is 0 Å². The van der Waals surface area contributed by atoms with Crippen molar-refractivity contribution in [2.75, 3.05) is 13.2 Å². The molecule has 108 valence electrons. The van der Waals surface area contributed by atoms with Crippen molar-refractivity contribution < 1.29 is 14.3 Å². The van der Waals surface area contributed by atoms with Crippen molar-refractivity contribution in [1.29, 1.82) is 0 Å². The van der Waals surface area contributed by atoms with Crippen LogP contribution in [0, 0.1) is 6.92 Å². The zero-order chi connectivity index (χ0) is 14.7. The highest BCUT2D eigenvalue weighted by atomic mass is 79.9. The first-order chi connectivity index (χ1) is 9.54. The molecule has 1 amide bonds. The quantitative estimate of drug-likeness (QED) is 0.795. The van der Waals surface area contributed by atoms with Crippen LogP contribution in [-0.2, 0) is 9.53 Å². The van der Waals surface area contributed by atoms with E-state index in [1.54, 1.807) is 17.9 Å². The van der Waals surface area contributed by atoms with Gasteiger partial charge < -0.3 is 9.64 Å².